The van der Waals surface area contributed by atoms with Gasteiger partial charge in [-0.1, -0.05) is 43.2 Å². The van der Waals surface area contributed by atoms with E-state index in [0.29, 0.717) is 5.91 Å². The Balaban J connectivity index is 1.38. The third-order valence-electron chi connectivity index (χ3n) is 5.76. The van der Waals surface area contributed by atoms with Crippen LogP contribution in [-0.2, 0) is 4.79 Å². The smallest absolute Gasteiger partial charge is 0.225 e. The van der Waals surface area contributed by atoms with Gasteiger partial charge >= 0.3 is 0 Å². The quantitative estimate of drug-likeness (QED) is 0.832. The molecule has 0 spiro atoms. The Labute approximate surface area is 161 Å². The van der Waals surface area contributed by atoms with E-state index in [1.807, 2.05) is 42.6 Å². The average Bonchev–Trinajstić information content (AvgIpc) is 3.04. The zero-order valence-corrected chi connectivity index (χ0v) is 15.9. The van der Waals surface area contributed by atoms with Gasteiger partial charge in [0.2, 0.25) is 5.91 Å². The molecule has 0 saturated carbocycles. The number of benzene rings is 1. The highest BCUT2D eigenvalue weighted by Gasteiger charge is 2.29. The van der Waals surface area contributed by atoms with E-state index in [-0.39, 0.29) is 5.92 Å². The highest BCUT2D eigenvalue weighted by molar-refractivity contribution is 5.79. The zero-order valence-electron chi connectivity index (χ0n) is 15.9. The first-order valence-electron chi connectivity index (χ1n) is 10.2. The van der Waals surface area contributed by atoms with Crippen molar-refractivity contribution in [1.82, 2.24) is 14.9 Å². The Morgan fingerprint density at radius 2 is 1.59 bits per heavy atom. The summed E-state index contributed by atoms with van der Waals surface area (Å²) in [5.41, 5.74) is 1.03. The Morgan fingerprint density at radius 3 is 2.30 bits per heavy atom. The maximum atomic E-state index is 12.9. The largest absolute Gasteiger partial charge is 0.356 e. The van der Waals surface area contributed by atoms with E-state index in [9.17, 15) is 4.79 Å². The van der Waals surface area contributed by atoms with Gasteiger partial charge in [-0.15, -0.1) is 0 Å². The van der Waals surface area contributed by atoms with Gasteiger partial charge in [0.1, 0.15) is 5.82 Å². The minimum atomic E-state index is 0.176. The third kappa shape index (κ3) is 4.29. The van der Waals surface area contributed by atoms with E-state index in [1.165, 1.54) is 12.8 Å². The summed E-state index contributed by atoms with van der Waals surface area (Å²) in [6.07, 6.45) is 8.51. The van der Waals surface area contributed by atoms with Crippen molar-refractivity contribution >= 4 is 11.7 Å². The number of carbonyl (C=O) groups excluding carboxylic acids is 1. The number of likely N-dealkylation sites (tertiary alicyclic amines) is 1. The lowest BCUT2D eigenvalue weighted by Crippen LogP contribution is -2.43. The predicted molar refractivity (Wildman–Crippen MR) is 107 cm³/mol. The Bertz CT molecular complexity index is 748. The van der Waals surface area contributed by atoms with Gasteiger partial charge in [-0.2, -0.15) is 0 Å². The molecular formula is C22H28N4O. The molecule has 2 saturated heterocycles. The first kappa shape index (κ1) is 18.0. The minimum Gasteiger partial charge on any atom is -0.356 e. The SMILES string of the molecule is O=C(C1CCN(c2ccnc(-c3ccccc3)n2)CC1)N1CCCCCC1. The van der Waals surface area contributed by atoms with Crippen molar-refractivity contribution in [2.45, 2.75) is 38.5 Å². The van der Waals surface area contributed by atoms with Gasteiger partial charge in [-0.25, -0.2) is 9.97 Å². The molecule has 1 aromatic heterocycles. The number of hydrogen-bond donors (Lipinski definition) is 0. The van der Waals surface area contributed by atoms with Gasteiger partial charge in [0.05, 0.1) is 0 Å². The van der Waals surface area contributed by atoms with E-state index in [0.717, 1.165) is 69.1 Å². The molecule has 2 aliphatic heterocycles. The summed E-state index contributed by atoms with van der Waals surface area (Å²) in [6, 6.07) is 12.1. The van der Waals surface area contributed by atoms with Crippen molar-refractivity contribution in [1.29, 1.82) is 0 Å². The molecule has 0 bridgehead atoms. The standard InChI is InChI=1S/C22H28N4O/c27-22(26-14-6-1-2-7-15-26)19-11-16-25(17-12-19)20-10-13-23-21(24-20)18-8-4-3-5-9-18/h3-5,8-10,13,19H,1-2,6-7,11-12,14-17H2. The van der Waals surface area contributed by atoms with Crippen molar-refractivity contribution in [2.24, 2.45) is 5.92 Å². The van der Waals surface area contributed by atoms with Gasteiger partial charge in [0, 0.05) is 43.9 Å². The molecule has 0 aliphatic carbocycles. The summed E-state index contributed by atoms with van der Waals surface area (Å²) >= 11 is 0. The molecule has 5 nitrogen and oxygen atoms in total. The molecule has 0 N–H and O–H groups in total. The van der Waals surface area contributed by atoms with Crippen LogP contribution in [-0.4, -0.2) is 47.0 Å². The van der Waals surface area contributed by atoms with E-state index in [4.69, 9.17) is 4.98 Å². The lowest BCUT2D eigenvalue weighted by Gasteiger charge is -2.34. The molecule has 3 heterocycles. The summed E-state index contributed by atoms with van der Waals surface area (Å²) < 4.78 is 0. The molecule has 0 radical (unpaired) electrons. The topological polar surface area (TPSA) is 49.3 Å². The second kappa shape index (κ2) is 8.51. The molecule has 2 aromatic rings. The summed E-state index contributed by atoms with van der Waals surface area (Å²) in [7, 11) is 0. The average molecular weight is 364 g/mol. The van der Waals surface area contributed by atoms with Crippen LogP contribution in [0.5, 0.6) is 0 Å². The fourth-order valence-electron chi connectivity index (χ4n) is 4.16. The second-order valence-electron chi connectivity index (χ2n) is 7.61. The van der Waals surface area contributed by atoms with Gasteiger partial charge in [0.25, 0.3) is 0 Å². The van der Waals surface area contributed by atoms with E-state index < -0.39 is 0 Å². The van der Waals surface area contributed by atoms with Gasteiger partial charge in [-0.3, -0.25) is 4.79 Å². The second-order valence-corrected chi connectivity index (χ2v) is 7.61. The van der Waals surface area contributed by atoms with Crippen LogP contribution in [0.15, 0.2) is 42.6 Å². The maximum absolute atomic E-state index is 12.9. The fourth-order valence-corrected chi connectivity index (χ4v) is 4.16. The first-order chi connectivity index (χ1) is 13.3. The number of hydrogen-bond acceptors (Lipinski definition) is 4. The highest BCUT2D eigenvalue weighted by Crippen LogP contribution is 2.25. The number of anilines is 1. The van der Waals surface area contributed by atoms with Crippen molar-refractivity contribution in [2.75, 3.05) is 31.1 Å². The number of aromatic nitrogens is 2. The number of amides is 1. The predicted octanol–water partition coefficient (Wildman–Crippen LogP) is 3.76. The molecular weight excluding hydrogens is 336 g/mol. The third-order valence-corrected chi connectivity index (χ3v) is 5.76. The molecule has 2 aliphatic rings. The Kier molecular flexibility index (Phi) is 5.66. The number of nitrogens with zero attached hydrogens (tertiary/aromatic N) is 4. The lowest BCUT2D eigenvalue weighted by molar-refractivity contribution is -0.136. The fraction of sp³-hybridized carbons (Fsp3) is 0.500. The maximum Gasteiger partial charge on any atom is 0.225 e. The summed E-state index contributed by atoms with van der Waals surface area (Å²) in [5, 5.41) is 0. The molecule has 0 unspecified atom stereocenters. The zero-order chi connectivity index (χ0) is 18.5. The Morgan fingerprint density at radius 1 is 0.889 bits per heavy atom. The van der Waals surface area contributed by atoms with Crippen molar-refractivity contribution in [3.63, 3.8) is 0 Å². The molecule has 4 rings (SSSR count). The summed E-state index contributed by atoms with van der Waals surface area (Å²) in [5.74, 6) is 2.28. The van der Waals surface area contributed by atoms with Crippen molar-refractivity contribution < 1.29 is 4.79 Å². The number of carbonyl (C=O) groups is 1. The molecule has 1 aromatic carbocycles. The van der Waals surface area contributed by atoms with Gasteiger partial charge in [0.15, 0.2) is 5.82 Å². The van der Waals surface area contributed by atoms with Crippen LogP contribution in [0, 0.1) is 5.92 Å². The van der Waals surface area contributed by atoms with Crippen LogP contribution in [0.4, 0.5) is 5.82 Å². The van der Waals surface area contributed by atoms with Crippen LogP contribution in [0.2, 0.25) is 0 Å². The normalized spacial score (nSPS) is 19.0. The van der Waals surface area contributed by atoms with E-state index >= 15 is 0 Å². The first-order valence-corrected chi connectivity index (χ1v) is 10.2. The van der Waals surface area contributed by atoms with Crippen LogP contribution in [0.25, 0.3) is 11.4 Å². The minimum absolute atomic E-state index is 0.176. The van der Waals surface area contributed by atoms with Crippen molar-refractivity contribution in [3.05, 3.63) is 42.6 Å². The van der Waals surface area contributed by atoms with E-state index in [1.54, 1.807) is 0 Å². The Hall–Kier alpha value is -2.43. The molecule has 5 heteroatoms. The number of piperidine rings is 1. The highest BCUT2D eigenvalue weighted by atomic mass is 16.2. The lowest BCUT2D eigenvalue weighted by atomic mass is 9.95. The van der Waals surface area contributed by atoms with Gasteiger partial charge < -0.3 is 9.80 Å². The van der Waals surface area contributed by atoms with E-state index in [2.05, 4.69) is 14.8 Å². The van der Waals surface area contributed by atoms with Crippen LogP contribution in [0.3, 0.4) is 0 Å². The van der Waals surface area contributed by atoms with Crippen LogP contribution in [0.1, 0.15) is 38.5 Å². The molecule has 2 fully saturated rings. The van der Waals surface area contributed by atoms with Crippen LogP contribution < -0.4 is 4.90 Å². The summed E-state index contributed by atoms with van der Waals surface area (Å²) in [4.78, 5) is 26.5. The molecule has 27 heavy (non-hydrogen) atoms. The monoisotopic (exact) mass is 364 g/mol. The van der Waals surface area contributed by atoms with Crippen molar-refractivity contribution in [3.8, 4) is 11.4 Å². The number of rotatable bonds is 3. The molecule has 142 valence electrons. The molecule has 0 atom stereocenters. The molecule has 1 amide bonds. The van der Waals surface area contributed by atoms with Crippen LogP contribution >= 0.6 is 0 Å². The van der Waals surface area contributed by atoms with Gasteiger partial charge in [-0.05, 0) is 31.7 Å². The summed E-state index contributed by atoms with van der Waals surface area (Å²) in [6.45, 7) is 3.67.